The fraction of sp³-hybridized carbons (Fsp3) is 0.737. The molecule has 27 heavy (non-hydrogen) atoms. The van der Waals surface area contributed by atoms with Crippen molar-refractivity contribution in [2.24, 2.45) is 23.0 Å². The summed E-state index contributed by atoms with van der Waals surface area (Å²) in [7, 11) is 0. The second-order valence-electron chi connectivity index (χ2n) is 8.74. The van der Waals surface area contributed by atoms with Gasteiger partial charge in [0.25, 0.3) is 5.91 Å². The van der Waals surface area contributed by atoms with Crippen molar-refractivity contribution in [3.8, 4) is 0 Å². The molecule has 2 atom stereocenters. The van der Waals surface area contributed by atoms with E-state index >= 15 is 0 Å². The van der Waals surface area contributed by atoms with E-state index in [1.165, 1.54) is 30.1 Å². The zero-order valence-corrected chi connectivity index (χ0v) is 15.3. The van der Waals surface area contributed by atoms with Gasteiger partial charge < -0.3 is 11.1 Å². The maximum absolute atomic E-state index is 13.1. The number of amides is 2. The summed E-state index contributed by atoms with van der Waals surface area (Å²) in [5.74, 6) is -3.67. The van der Waals surface area contributed by atoms with Gasteiger partial charge in [0.05, 0.1) is 0 Å². The molecule has 1 heterocycles. The number of hydrogen-bond donors (Lipinski definition) is 2. The molecule has 0 bridgehead atoms. The lowest BCUT2D eigenvalue weighted by atomic mass is 9.75. The van der Waals surface area contributed by atoms with Crippen LogP contribution in [0.25, 0.3) is 0 Å². The number of carbonyl (C=O) groups excluding carboxylic acids is 2. The molecule has 3 saturated carbocycles. The van der Waals surface area contributed by atoms with E-state index in [0.717, 1.165) is 19.3 Å². The molecule has 0 unspecified atom stereocenters. The number of nitrogens with two attached hydrogens (primary N) is 1. The van der Waals surface area contributed by atoms with Crippen LogP contribution < -0.4 is 11.1 Å². The fourth-order valence-corrected chi connectivity index (χ4v) is 4.88. The molecule has 3 aliphatic rings. The lowest BCUT2D eigenvalue weighted by molar-refractivity contribution is -0.121. The summed E-state index contributed by atoms with van der Waals surface area (Å²) in [6, 6.07) is 0.847. The van der Waals surface area contributed by atoms with E-state index in [9.17, 15) is 18.4 Å². The van der Waals surface area contributed by atoms with Crippen molar-refractivity contribution in [1.29, 1.82) is 0 Å². The Labute approximate surface area is 156 Å². The Kier molecular flexibility index (Phi) is 4.47. The van der Waals surface area contributed by atoms with Crippen LogP contribution in [0.3, 0.4) is 0 Å². The van der Waals surface area contributed by atoms with Gasteiger partial charge >= 0.3 is 0 Å². The smallest absolute Gasteiger partial charge is 0.270 e. The van der Waals surface area contributed by atoms with Gasteiger partial charge in [-0.05, 0) is 55.4 Å². The second-order valence-corrected chi connectivity index (χ2v) is 8.74. The largest absolute Gasteiger partial charge is 0.368 e. The Hall–Kier alpha value is -1.99. The molecule has 6 nitrogen and oxygen atoms in total. The van der Waals surface area contributed by atoms with Gasteiger partial charge in [0.1, 0.15) is 11.7 Å². The topological polar surface area (TPSA) is 90.0 Å². The van der Waals surface area contributed by atoms with Crippen molar-refractivity contribution in [1.82, 2.24) is 15.1 Å². The summed E-state index contributed by atoms with van der Waals surface area (Å²) in [5, 5.41) is 6.90. The molecule has 148 valence electrons. The summed E-state index contributed by atoms with van der Waals surface area (Å²) in [6.07, 6.45) is 7.57. The average molecular weight is 380 g/mol. The summed E-state index contributed by atoms with van der Waals surface area (Å²) < 4.78 is 27.6. The van der Waals surface area contributed by atoms with Crippen LogP contribution in [-0.2, 0) is 11.3 Å². The molecular weight excluding hydrogens is 354 g/mol. The van der Waals surface area contributed by atoms with E-state index < -0.39 is 23.8 Å². The van der Waals surface area contributed by atoms with Gasteiger partial charge in [-0.3, -0.25) is 14.3 Å². The number of halogens is 2. The Morgan fingerprint density at radius 3 is 2.67 bits per heavy atom. The molecule has 0 radical (unpaired) electrons. The minimum absolute atomic E-state index is 0.0596. The van der Waals surface area contributed by atoms with Crippen molar-refractivity contribution in [3.63, 3.8) is 0 Å². The zero-order chi connectivity index (χ0) is 19.2. The summed E-state index contributed by atoms with van der Waals surface area (Å²) in [4.78, 5) is 24.8. The van der Waals surface area contributed by atoms with Gasteiger partial charge in [-0.2, -0.15) is 5.10 Å². The Balaban J connectivity index is 1.41. The van der Waals surface area contributed by atoms with E-state index in [1.807, 2.05) is 0 Å². The number of rotatable bonds is 6. The van der Waals surface area contributed by atoms with Crippen molar-refractivity contribution in [2.45, 2.75) is 69.9 Å². The molecule has 1 aromatic heterocycles. The number of primary amides is 1. The number of hydrogen-bond acceptors (Lipinski definition) is 3. The van der Waals surface area contributed by atoms with Gasteiger partial charge in [-0.1, -0.05) is 6.42 Å². The molecule has 3 N–H and O–H groups in total. The van der Waals surface area contributed by atoms with Gasteiger partial charge in [0.2, 0.25) is 11.8 Å². The first kappa shape index (κ1) is 18.4. The number of alkyl halides is 2. The molecule has 3 fully saturated rings. The van der Waals surface area contributed by atoms with Crippen LogP contribution in [0, 0.1) is 17.3 Å². The molecule has 2 amide bonds. The number of aromatic nitrogens is 2. The van der Waals surface area contributed by atoms with Crippen molar-refractivity contribution >= 4 is 11.8 Å². The lowest BCUT2D eigenvalue weighted by Crippen LogP contribution is -2.50. The normalized spacial score (nSPS) is 27.0. The molecule has 1 aromatic rings. The maximum Gasteiger partial charge on any atom is 0.270 e. The molecule has 4 rings (SSSR count). The quantitative estimate of drug-likeness (QED) is 0.794. The highest BCUT2D eigenvalue weighted by Gasteiger charge is 2.48. The highest BCUT2D eigenvalue weighted by Crippen LogP contribution is 2.58. The SMILES string of the molecule is NC(=O)[C@@H](NC(=O)c1ccnn1CC1CC(F)(F)C1)[C@H]1CCCC2(CC2)C1. The van der Waals surface area contributed by atoms with Crippen LogP contribution in [0.1, 0.15) is 61.9 Å². The Morgan fingerprint density at radius 1 is 1.30 bits per heavy atom. The monoisotopic (exact) mass is 380 g/mol. The minimum atomic E-state index is -2.60. The second kappa shape index (κ2) is 6.56. The number of nitrogens with zero attached hydrogens (tertiary/aromatic N) is 2. The van der Waals surface area contributed by atoms with Crippen LogP contribution in [0.4, 0.5) is 8.78 Å². The van der Waals surface area contributed by atoms with Crippen LogP contribution in [0.2, 0.25) is 0 Å². The van der Waals surface area contributed by atoms with E-state index in [-0.39, 0.29) is 36.9 Å². The van der Waals surface area contributed by atoms with Gasteiger partial charge in [-0.15, -0.1) is 0 Å². The lowest BCUT2D eigenvalue weighted by Gasteiger charge is -2.35. The van der Waals surface area contributed by atoms with E-state index in [2.05, 4.69) is 10.4 Å². The van der Waals surface area contributed by atoms with E-state index in [0.29, 0.717) is 5.41 Å². The third-order valence-corrected chi connectivity index (χ3v) is 6.55. The predicted molar refractivity (Wildman–Crippen MR) is 94.0 cm³/mol. The van der Waals surface area contributed by atoms with Crippen molar-refractivity contribution < 1.29 is 18.4 Å². The molecule has 0 aliphatic heterocycles. The molecule has 1 spiro atoms. The first-order valence-corrected chi connectivity index (χ1v) is 9.77. The number of nitrogens with one attached hydrogen (secondary N) is 1. The highest BCUT2D eigenvalue weighted by atomic mass is 19.3. The van der Waals surface area contributed by atoms with Crippen LogP contribution in [0.5, 0.6) is 0 Å². The molecule has 0 aromatic carbocycles. The standard InChI is InChI=1S/C19H26F2N4O2/c20-19(21)8-12(9-19)11-25-14(3-7-23-25)17(27)24-15(16(22)26)13-2-1-4-18(10-13)5-6-18/h3,7,12-13,15H,1-2,4-6,8-11H2,(H2,22,26)(H,24,27)/t13-,15-/m0/s1. The maximum atomic E-state index is 13.1. The predicted octanol–water partition coefficient (Wildman–Crippen LogP) is 2.48. The van der Waals surface area contributed by atoms with Crippen molar-refractivity contribution in [2.75, 3.05) is 0 Å². The molecular formula is C19H26F2N4O2. The minimum Gasteiger partial charge on any atom is -0.368 e. The van der Waals surface area contributed by atoms with Crippen LogP contribution >= 0.6 is 0 Å². The molecule has 0 saturated heterocycles. The van der Waals surface area contributed by atoms with Crippen LogP contribution in [-0.4, -0.2) is 33.6 Å². The van der Waals surface area contributed by atoms with Gasteiger partial charge in [0, 0.05) is 25.6 Å². The summed E-state index contributed by atoms with van der Waals surface area (Å²) in [6.45, 7) is 0.277. The van der Waals surface area contributed by atoms with Crippen molar-refractivity contribution in [3.05, 3.63) is 18.0 Å². The van der Waals surface area contributed by atoms with Gasteiger partial charge in [-0.25, -0.2) is 8.78 Å². The highest BCUT2D eigenvalue weighted by molar-refractivity contribution is 5.96. The Bertz CT molecular complexity index is 736. The van der Waals surface area contributed by atoms with E-state index in [1.54, 1.807) is 6.07 Å². The summed E-state index contributed by atoms with van der Waals surface area (Å²) in [5.41, 5.74) is 6.24. The van der Waals surface area contributed by atoms with Gasteiger partial charge in [0.15, 0.2) is 0 Å². The third kappa shape index (κ3) is 3.84. The molecule has 8 heteroatoms. The first-order valence-electron chi connectivity index (χ1n) is 9.77. The zero-order valence-electron chi connectivity index (χ0n) is 15.3. The Morgan fingerprint density at radius 2 is 2.04 bits per heavy atom. The fourth-order valence-electron chi connectivity index (χ4n) is 4.88. The molecule has 3 aliphatic carbocycles. The van der Waals surface area contributed by atoms with Crippen LogP contribution in [0.15, 0.2) is 12.3 Å². The summed E-state index contributed by atoms with van der Waals surface area (Å²) >= 11 is 0. The first-order chi connectivity index (χ1) is 12.8. The third-order valence-electron chi connectivity index (χ3n) is 6.55. The number of carbonyl (C=O) groups is 2. The van der Waals surface area contributed by atoms with E-state index in [4.69, 9.17) is 5.73 Å². The average Bonchev–Trinajstić information content (AvgIpc) is 3.14.